The van der Waals surface area contributed by atoms with Crippen molar-refractivity contribution in [3.63, 3.8) is 0 Å². The number of unbranched alkanes of at least 4 members (excludes halogenated alkanes) is 13. The molecule has 9 atom stereocenters. The van der Waals surface area contributed by atoms with Crippen LogP contribution in [0.2, 0.25) is 0 Å². The molecule has 1 aromatic rings. The number of nitrogens with zero attached hydrogens (tertiary/aromatic N) is 2. The van der Waals surface area contributed by atoms with Crippen LogP contribution in [0, 0.1) is 0 Å². The quantitative estimate of drug-likeness (QED) is 0.0135. The first kappa shape index (κ1) is 60.0. The topological polar surface area (TPSA) is 278 Å². The van der Waals surface area contributed by atoms with Crippen molar-refractivity contribution in [1.82, 2.24) is 9.55 Å². The first-order valence-corrected chi connectivity index (χ1v) is 27.8. The number of hydrogen-bond donors (Lipinski definition) is 5. The number of nitrogen functional groups attached to an aromatic ring is 1. The Bertz CT molecular complexity index is 1910. The average Bonchev–Trinajstić information content (AvgIpc) is 3.99. The van der Waals surface area contributed by atoms with Crippen LogP contribution in [0.1, 0.15) is 161 Å². The average molecular weight is 1020 g/mol. The Labute approximate surface area is 407 Å². The van der Waals surface area contributed by atoms with Gasteiger partial charge in [-0.1, -0.05) is 114 Å². The number of carbonyl (C=O) groups excluding carboxylic acids is 2. The lowest BCUT2D eigenvalue weighted by atomic mass is 10.1. The minimum absolute atomic E-state index is 0.0243. The smallest absolute Gasteiger partial charge is 0.462 e. The van der Waals surface area contributed by atoms with E-state index in [1.165, 1.54) is 51.0 Å². The molecule has 0 aromatic carbocycles. The molecule has 3 rings (SSSR count). The number of nitrogens with two attached hydrogens (primary N) is 1. The number of aromatic nitrogens is 2. The van der Waals surface area contributed by atoms with Crippen molar-refractivity contribution in [2.45, 2.75) is 198 Å². The third-order valence-electron chi connectivity index (χ3n) is 11.3. The highest BCUT2D eigenvalue weighted by Crippen LogP contribution is 2.60. The Morgan fingerprint density at radius 2 is 1.26 bits per heavy atom. The molecule has 3 heterocycles. The summed E-state index contributed by atoms with van der Waals surface area (Å²) in [6, 6.07) is 1.24. The van der Waals surface area contributed by atoms with Crippen LogP contribution in [-0.4, -0.2) is 97.9 Å². The van der Waals surface area contributed by atoms with Gasteiger partial charge in [0.05, 0.1) is 25.4 Å². The lowest BCUT2D eigenvalue weighted by Crippen LogP contribution is -2.36. The third-order valence-corrected chi connectivity index (χ3v) is 13.9. The molecule has 0 saturated carbocycles. The summed E-state index contributed by atoms with van der Waals surface area (Å²) in [7, 11) is -10.9. The maximum atomic E-state index is 12.8. The van der Waals surface area contributed by atoms with Gasteiger partial charge in [-0.05, 0) is 83.1 Å². The van der Waals surface area contributed by atoms with Crippen LogP contribution < -0.4 is 11.4 Å². The van der Waals surface area contributed by atoms with Gasteiger partial charge in [0, 0.05) is 19.0 Å². The largest absolute Gasteiger partial charge is 0.481 e. The molecule has 2 fully saturated rings. The molecule has 6 N–H and O–H groups in total. The maximum absolute atomic E-state index is 12.8. The Morgan fingerprint density at radius 1 is 0.710 bits per heavy atom. The van der Waals surface area contributed by atoms with Crippen LogP contribution in [0.15, 0.2) is 65.7 Å². The second-order valence-electron chi connectivity index (χ2n) is 17.3. The molecule has 69 heavy (non-hydrogen) atoms. The van der Waals surface area contributed by atoms with Crippen LogP contribution in [0.4, 0.5) is 5.82 Å². The fourth-order valence-corrected chi connectivity index (χ4v) is 9.39. The van der Waals surface area contributed by atoms with Crippen molar-refractivity contribution in [2.24, 2.45) is 0 Å². The highest BCUT2D eigenvalue weighted by atomic mass is 31.3. The van der Waals surface area contributed by atoms with Crippen LogP contribution >= 0.6 is 15.6 Å². The van der Waals surface area contributed by atoms with Gasteiger partial charge >= 0.3 is 33.3 Å². The SMILES string of the molecule is CCCCC/C=C\CC1OC1C/C=C\C/C=C\CCCC(=O)OC[C@H](COP(=O)(O)OP(=O)(O)OC[C@H]1O[C@@H](n2ccc(N)nc2=O)[C@H](O)[C@@H]1O)OC(=O)CCCCCCC/C=C\CCCCCC. The van der Waals surface area contributed by atoms with Gasteiger partial charge < -0.3 is 44.7 Å². The number of aliphatic hydroxyl groups is 2. The van der Waals surface area contributed by atoms with Crippen LogP contribution in [0.5, 0.6) is 0 Å². The Hall–Kier alpha value is -3.32. The summed E-state index contributed by atoms with van der Waals surface area (Å²) in [4.78, 5) is 61.8. The molecule has 1 aromatic heterocycles. The lowest BCUT2D eigenvalue weighted by molar-refractivity contribution is -0.161. The van der Waals surface area contributed by atoms with Crippen LogP contribution in [-0.2, 0) is 51.0 Å². The zero-order chi connectivity index (χ0) is 50.3. The summed E-state index contributed by atoms with van der Waals surface area (Å²) in [5, 5.41) is 20.9. The number of ether oxygens (including phenoxy) is 4. The van der Waals surface area contributed by atoms with E-state index in [2.05, 4.69) is 59.6 Å². The minimum Gasteiger partial charge on any atom is -0.462 e. The van der Waals surface area contributed by atoms with Crippen molar-refractivity contribution >= 4 is 33.4 Å². The van der Waals surface area contributed by atoms with E-state index in [4.69, 9.17) is 33.7 Å². The zero-order valence-corrected chi connectivity index (χ0v) is 42.3. The van der Waals surface area contributed by atoms with Gasteiger partial charge in [-0.2, -0.15) is 9.29 Å². The predicted octanol–water partition coefficient (Wildman–Crippen LogP) is 8.76. The van der Waals surface area contributed by atoms with Crippen LogP contribution in [0.25, 0.3) is 0 Å². The van der Waals surface area contributed by atoms with Crippen LogP contribution in [0.3, 0.4) is 0 Å². The number of hydrogen-bond acceptors (Lipinski definition) is 16. The summed E-state index contributed by atoms with van der Waals surface area (Å²) < 4.78 is 62.4. The van der Waals surface area contributed by atoms with E-state index in [1.54, 1.807) is 0 Å². The molecule has 19 nitrogen and oxygen atoms in total. The summed E-state index contributed by atoms with van der Waals surface area (Å²) in [6.07, 6.45) is 30.9. The predicted molar refractivity (Wildman–Crippen MR) is 260 cm³/mol. The second-order valence-corrected chi connectivity index (χ2v) is 20.4. The number of aliphatic hydroxyl groups excluding tert-OH is 2. The first-order valence-electron chi connectivity index (χ1n) is 24.8. The molecular weight excluding hydrogens is 936 g/mol. The molecule has 2 aliphatic rings. The number of rotatable bonds is 39. The standard InChI is InChI=1S/C48H79N3O16P2/c1-3-5-7-9-11-12-13-14-15-16-19-24-28-32-44(53)64-38(35-61-43(52)31-27-23-20-17-18-22-26-30-40-39(65-40)29-25-21-10-8-6-4-2)36-62-68(57,58)67-69(59,60)63-37-41-45(54)46(55)47(66-41)51-34-33-42(49)50-48(51)56/h12-13,17,20-22,25-26,33-34,38-41,45-47,54-55H,3-11,14-16,18-19,23-24,27-32,35-37H2,1-2H3,(H,57,58)(H,59,60)(H2,49,50,56)/b13-12-,20-17-,25-21-,26-22-/t38-,39?,40?,41-,45-,46-,47-/m1/s1. The van der Waals surface area contributed by atoms with Gasteiger partial charge in [0.1, 0.15) is 30.7 Å². The monoisotopic (exact) mass is 1020 g/mol. The summed E-state index contributed by atoms with van der Waals surface area (Å²) in [5.41, 5.74) is 4.58. The van der Waals surface area contributed by atoms with Gasteiger partial charge in [-0.25, -0.2) is 13.9 Å². The summed E-state index contributed by atoms with van der Waals surface area (Å²) >= 11 is 0. The molecule has 21 heteroatoms. The van der Waals surface area contributed by atoms with E-state index in [0.29, 0.717) is 25.4 Å². The molecule has 2 aliphatic heterocycles. The molecular formula is C48H79N3O16P2. The Morgan fingerprint density at radius 3 is 1.96 bits per heavy atom. The number of epoxide rings is 1. The van der Waals surface area contributed by atoms with Gasteiger partial charge in [0.15, 0.2) is 12.3 Å². The number of anilines is 1. The molecule has 0 spiro atoms. The molecule has 2 saturated heterocycles. The summed E-state index contributed by atoms with van der Waals surface area (Å²) in [5.74, 6) is -1.38. The van der Waals surface area contributed by atoms with Gasteiger partial charge in [0.25, 0.3) is 0 Å². The first-order chi connectivity index (χ1) is 33.1. The number of esters is 2. The van der Waals surface area contributed by atoms with E-state index >= 15 is 0 Å². The van der Waals surface area contributed by atoms with Crippen molar-refractivity contribution in [3.05, 3.63) is 71.4 Å². The fourth-order valence-electron chi connectivity index (χ4n) is 7.28. The highest BCUT2D eigenvalue weighted by molar-refractivity contribution is 7.61. The Kier molecular flexibility index (Phi) is 29.7. The second kappa shape index (κ2) is 34.1. The van der Waals surface area contributed by atoms with E-state index < -0.39 is 83.7 Å². The molecule has 0 aliphatic carbocycles. The van der Waals surface area contributed by atoms with Crippen molar-refractivity contribution in [1.29, 1.82) is 0 Å². The van der Waals surface area contributed by atoms with E-state index in [-0.39, 0.29) is 24.8 Å². The molecule has 0 radical (unpaired) electrons. The van der Waals surface area contributed by atoms with E-state index in [9.17, 15) is 43.5 Å². The third kappa shape index (κ3) is 26.6. The van der Waals surface area contributed by atoms with E-state index in [1.807, 2.05) is 12.2 Å². The zero-order valence-electron chi connectivity index (χ0n) is 40.5. The van der Waals surface area contributed by atoms with Crippen molar-refractivity contribution in [3.8, 4) is 0 Å². The molecule has 0 bridgehead atoms. The fraction of sp³-hybridized carbons (Fsp3) is 0.708. The Balaban J connectivity index is 1.42. The van der Waals surface area contributed by atoms with Gasteiger partial charge in [-0.15, -0.1) is 0 Å². The summed E-state index contributed by atoms with van der Waals surface area (Å²) in [6.45, 7) is 2.03. The molecule has 0 amide bonds. The normalized spacial score (nSPS) is 22.7. The number of phosphoric ester groups is 2. The van der Waals surface area contributed by atoms with E-state index in [0.717, 1.165) is 75.0 Å². The molecule has 4 unspecified atom stereocenters. The lowest BCUT2D eigenvalue weighted by Gasteiger charge is -2.21. The van der Waals surface area contributed by atoms with Gasteiger partial charge in [-0.3, -0.25) is 23.2 Å². The number of allylic oxidation sites excluding steroid dienone is 6. The maximum Gasteiger partial charge on any atom is 0.481 e. The number of carbonyl (C=O) groups is 2. The molecule has 392 valence electrons. The number of phosphoric acid groups is 2. The van der Waals surface area contributed by atoms with Gasteiger partial charge in [0.2, 0.25) is 0 Å². The van der Waals surface area contributed by atoms with Crippen molar-refractivity contribution in [2.75, 3.05) is 25.6 Å². The van der Waals surface area contributed by atoms with Crippen molar-refractivity contribution < 1.29 is 71.0 Å². The minimum atomic E-state index is -5.44. The highest BCUT2D eigenvalue weighted by Gasteiger charge is 2.46.